The fourth-order valence-corrected chi connectivity index (χ4v) is 2.33. The van der Waals surface area contributed by atoms with E-state index in [1.54, 1.807) is 52.0 Å². The largest absolute Gasteiger partial charge is 0.466 e. The lowest BCUT2D eigenvalue weighted by atomic mass is 9.94. The molecule has 0 saturated carbocycles. The number of nitrogens with zero attached hydrogens (tertiary/aromatic N) is 1. The van der Waals surface area contributed by atoms with Crippen LogP contribution in [0.5, 0.6) is 0 Å². The van der Waals surface area contributed by atoms with Crippen LogP contribution in [0, 0.1) is 10.1 Å². The molecular formula is C18H26N2O6. The first kappa shape index (κ1) is 21.4. The van der Waals surface area contributed by atoms with Crippen molar-refractivity contribution in [2.75, 3.05) is 13.2 Å². The predicted octanol–water partition coefficient (Wildman–Crippen LogP) is 3.02. The van der Waals surface area contributed by atoms with Crippen molar-refractivity contribution in [2.24, 2.45) is 0 Å². The molecule has 0 heterocycles. The van der Waals surface area contributed by atoms with Crippen LogP contribution in [0.4, 0.5) is 4.79 Å². The van der Waals surface area contributed by atoms with Crippen molar-refractivity contribution < 1.29 is 24.0 Å². The monoisotopic (exact) mass is 366 g/mol. The Morgan fingerprint density at radius 1 is 1.31 bits per heavy atom. The van der Waals surface area contributed by atoms with Crippen molar-refractivity contribution in [3.63, 3.8) is 0 Å². The number of amides is 1. The Morgan fingerprint density at radius 2 is 2.00 bits per heavy atom. The van der Waals surface area contributed by atoms with E-state index < -0.39 is 28.5 Å². The van der Waals surface area contributed by atoms with Gasteiger partial charge in [-0.2, -0.15) is 0 Å². The molecular weight excluding hydrogens is 340 g/mol. The van der Waals surface area contributed by atoms with E-state index in [2.05, 4.69) is 5.32 Å². The number of hydrogen-bond acceptors (Lipinski definition) is 6. The molecule has 1 atom stereocenters. The number of rotatable bonds is 8. The molecule has 8 heteroatoms. The van der Waals surface area contributed by atoms with Gasteiger partial charge in [-0.05, 0) is 38.8 Å². The number of ether oxygens (including phenoxy) is 2. The van der Waals surface area contributed by atoms with E-state index >= 15 is 0 Å². The van der Waals surface area contributed by atoms with Gasteiger partial charge in [-0.25, -0.2) is 4.79 Å². The molecule has 0 radical (unpaired) electrons. The second-order valence-corrected chi connectivity index (χ2v) is 6.82. The lowest BCUT2D eigenvalue weighted by Gasteiger charge is -2.20. The molecule has 8 nitrogen and oxygen atoms in total. The Labute approximate surface area is 153 Å². The summed E-state index contributed by atoms with van der Waals surface area (Å²) >= 11 is 0. The summed E-state index contributed by atoms with van der Waals surface area (Å²) in [7, 11) is 0. The predicted molar refractivity (Wildman–Crippen MR) is 95.4 cm³/mol. The molecule has 0 aliphatic carbocycles. The quantitative estimate of drug-likeness (QED) is 0.430. The second kappa shape index (κ2) is 9.74. The highest BCUT2D eigenvalue weighted by atomic mass is 16.6. The van der Waals surface area contributed by atoms with E-state index in [-0.39, 0.29) is 26.1 Å². The van der Waals surface area contributed by atoms with E-state index in [4.69, 9.17) is 9.47 Å². The summed E-state index contributed by atoms with van der Waals surface area (Å²) in [6.07, 6.45) is -0.617. The van der Waals surface area contributed by atoms with Crippen molar-refractivity contribution in [1.82, 2.24) is 5.32 Å². The Kier molecular flexibility index (Phi) is 8.02. The fourth-order valence-electron chi connectivity index (χ4n) is 2.33. The molecule has 26 heavy (non-hydrogen) atoms. The minimum Gasteiger partial charge on any atom is -0.466 e. The van der Waals surface area contributed by atoms with E-state index in [1.807, 2.05) is 0 Å². The first-order valence-corrected chi connectivity index (χ1v) is 8.43. The standard InChI is InChI=1S/C18H26N2O6/c1-5-25-16(21)10-15(12-20(23)24)14-8-6-7-13(9-14)11-19-17(22)26-18(2,3)4/h6-9,15H,5,10-12H2,1-4H3,(H,19,22). The minimum atomic E-state index is -0.595. The third kappa shape index (κ3) is 8.46. The molecule has 1 rings (SSSR count). The van der Waals surface area contributed by atoms with Gasteiger partial charge in [0.05, 0.1) is 18.9 Å². The molecule has 0 saturated heterocycles. The molecule has 0 aliphatic heterocycles. The van der Waals surface area contributed by atoms with Gasteiger partial charge in [0.15, 0.2) is 0 Å². The van der Waals surface area contributed by atoms with Gasteiger partial charge in [0.2, 0.25) is 6.54 Å². The normalized spacial score (nSPS) is 12.2. The van der Waals surface area contributed by atoms with E-state index in [0.717, 1.165) is 5.56 Å². The fraction of sp³-hybridized carbons (Fsp3) is 0.556. The maximum Gasteiger partial charge on any atom is 0.407 e. The molecule has 0 bridgehead atoms. The highest BCUT2D eigenvalue weighted by Crippen LogP contribution is 2.22. The molecule has 0 aromatic heterocycles. The van der Waals surface area contributed by atoms with Crippen LogP contribution in [-0.4, -0.2) is 35.7 Å². The van der Waals surface area contributed by atoms with Crippen molar-refractivity contribution in [3.8, 4) is 0 Å². The van der Waals surface area contributed by atoms with Crippen LogP contribution in [0.1, 0.15) is 51.2 Å². The molecule has 0 spiro atoms. The summed E-state index contributed by atoms with van der Waals surface area (Å²) in [5.41, 5.74) is 0.811. The third-order valence-corrected chi connectivity index (χ3v) is 3.35. The maximum absolute atomic E-state index is 11.7. The van der Waals surface area contributed by atoms with Crippen LogP contribution in [0.15, 0.2) is 24.3 Å². The van der Waals surface area contributed by atoms with Crippen LogP contribution in [0.3, 0.4) is 0 Å². The number of carbonyl (C=O) groups is 2. The van der Waals surface area contributed by atoms with Crippen LogP contribution in [0.2, 0.25) is 0 Å². The number of carbonyl (C=O) groups excluding carboxylic acids is 2. The number of hydrogen-bond donors (Lipinski definition) is 1. The zero-order valence-electron chi connectivity index (χ0n) is 15.6. The summed E-state index contributed by atoms with van der Waals surface area (Å²) in [5.74, 6) is -1.07. The molecule has 1 amide bonds. The highest BCUT2D eigenvalue weighted by Gasteiger charge is 2.22. The zero-order chi connectivity index (χ0) is 19.7. The second-order valence-electron chi connectivity index (χ2n) is 6.82. The smallest absolute Gasteiger partial charge is 0.407 e. The molecule has 1 N–H and O–H groups in total. The average Bonchev–Trinajstić information content (AvgIpc) is 2.51. The molecule has 1 unspecified atom stereocenters. The Hall–Kier alpha value is -2.64. The van der Waals surface area contributed by atoms with E-state index in [9.17, 15) is 19.7 Å². The number of esters is 1. The summed E-state index contributed by atoms with van der Waals surface area (Å²) in [5, 5.41) is 13.6. The lowest BCUT2D eigenvalue weighted by molar-refractivity contribution is -0.483. The van der Waals surface area contributed by atoms with Crippen molar-refractivity contribution in [2.45, 2.75) is 52.2 Å². The van der Waals surface area contributed by atoms with Crippen molar-refractivity contribution >= 4 is 12.1 Å². The first-order chi connectivity index (χ1) is 12.1. The van der Waals surface area contributed by atoms with Crippen LogP contribution < -0.4 is 5.32 Å². The van der Waals surface area contributed by atoms with Gasteiger partial charge in [0, 0.05) is 11.5 Å². The zero-order valence-corrected chi connectivity index (χ0v) is 15.6. The van der Waals surface area contributed by atoms with Gasteiger partial charge < -0.3 is 14.8 Å². The maximum atomic E-state index is 11.7. The van der Waals surface area contributed by atoms with Crippen molar-refractivity contribution in [1.29, 1.82) is 0 Å². The lowest BCUT2D eigenvalue weighted by Crippen LogP contribution is -2.32. The van der Waals surface area contributed by atoms with Gasteiger partial charge in [0.25, 0.3) is 0 Å². The minimum absolute atomic E-state index is 0.0717. The summed E-state index contributed by atoms with van der Waals surface area (Å²) in [6.45, 7) is 7.06. The molecule has 0 aliphatic rings. The Balaban J connectivity index is 2.81. The van der Waals surface area contributed by atoms with Gasteiger partial charge >= 0.3 is 12.1 Å². The summed E-state index contributed by atoms with van der Waals surface area (Å²) in [6, 6.07) is 6.99. The Bertz CT molecular complexity index is 639. The van der Waals surface area contributed by atoms with Gasteiger partial charge in [0.1, 0.15) is 5.60 Å². The van der Waals surface area contributed by atoms with Crippen molar-refractivity contribution in [3.05, 3.63) is 45.5 Å². The van der Waals surface area contributed by atoms with Gasteiger partial charge in [-0.1, -0.05) is 24.3 Å². The summed E-state index contributed by atoms with van der Waals surface area (Å²) < 4.78 is 10.1. The molecule has 1 aromatic carbocycles. The number of benzene rings is 1. The average molecular weight is 366 g/mol. The molecule has 1 aromatic rings. The number of nitrogens with one attached hydrogen (secondary N) is 1. The van der Waals surface area contributed by atoms with Crippen LogP contribution >= 0.6 is 0 Å². The SMILES string of the molecule is CCOC(=O)CC(C[N+](=O)[O-])c1cccc(CNC(=O)OC(C)(C)C)c1. The third-order valence-electron chi connectivity index (χ3n) is 3.35. The molecule has 144 valence electrons. The van der Waals surface area contributed by atoms with Gasteiger partial charge in [-0.3, -0.25) is 14.9 Å². The number of nitro groups is 1. The van der Waals surface area contributed by atoms with E-state index in [0.29, 0.717) is 5.56 Å². The summed E-state index contributed by atoms with van der Waals surface area (Å²) in [4.78, 5) is 33.9. The first-order valence-electron chi connectivity index (χ1n) is 8.43. The highest BCUT2D eigenvalue weighted by molar-refractivity contribution is 5.70. The van der Waals surface area contributed by atoms with E-state index in [1.165, 1.54) is 0 Å². The van der Waals surface area contributed by atoms with Gasteiger partial charge in [-0.15, -0.1) is 0 Å². The number of alkyl carbamates (subject to hydrolysis) is 1. The topological polar surface area (TPSA) is 108 Å². The van der Waals surface area contributed by atoms with Crippen LogP contribution in [0.25, 0.3) is 0 Å². The molecule has 0 fully saturated rings. The Morgan fingerprint density at radius 3 is 2.58 bits per heavy atom. The van der Waals surface area contributed by atoms with Crippen LogP contribution in [-0.2, 0) is 20.8 Å².